The van der Waals surface area contributed by atoms with E-state index in [1.54, 1.807) is 0 Å². The molecule has 2 fully saturated rings. The lowest BCUT2D eigenvalue weighted by atomic mass is 10.1. The van der Waals surface area contributed by atoms with Crippen LogP contribution in [0, 0.1) is 0 Å². The molecule has 2 aliphatic rings. The lowest BCUT2D eigenvalue weighted by Gasteiger charge is -2.26. The maximum absolute atomic E-state index is 12.2. The highest BCUT2D eigenvalue weighted by Gasteiger charge is 2.17. The molecule has 0 atom stereocenters. The van der Waals surface area contributed by atoms with Crippen LogP contribution in [0.3, 0.4) is 0 Å². The number of anilines is 1. The van der Waals surface area contributed by atoms with E-state index in [-0.39, 0.29) is 18.4 Å². The largest absolute Gasteiger partial charge is 0.372 e. The number of hydrogen-bond acceptors (Lipinski definition) is 3. The van der Waals surface area contributed by atoms with Crippen molar-refractivity contribution in [3.63, 3.8) is 0 Å². The molecule has 0 unspecified atom stereocenters. The van der Waals surface area contributed by atoms with Crippen LogP contribution in [0.15, 0.2) is 24.3 Å². The summed E-state index contributed by atoms with van der Waals surface area (Å²) in [5.74, 6) is -0.157. The van der Waals surface area contributed by atoms with Crippen LogP contribution < -0.4 is 10.2 Å². The van der Waals surface area contributed by atoms with Crippen molar-refractivity contribution in [3.05, 3.63) is 29.8 Å². The molecule has 1 aromatic carbocycles. The number of rotatable bonds is 4. The van der Waals surface area contributed by atoms with E-state index in [0.29, 0.717) is 5.56 Å². The van der Waals surface area contributed by atoms with Crippen LogP contribution in [0.5, 0.6) is 0 Å². The molecular weight excluding hydrogens is 290 g/mol. The molecule has 23 heavy (non-hydrogen) atoms. The summed E-state index contributed by atoms with van der Waals surface area (Å²) in [6, 6.07) is 7.67. The Kier molecular flexibility index (Phi) is 5.16. The number of hydrogen-bond donors (Lipinski definition) is 1. The summed E-state index contributed by atoms with van der Waals surface area (Å²) >= 11 is 0. The smallest absolute Gasteiger partial charge is 0.251 e. The summed E-state index contributed by atoms with van der Waals surface area (Å²) in [4.78, 5) is 28.4. The third-order valence-corrected chi connectivity index (χ3v) is 4.71. The van der Waals surface area contributed by atoms with Gasteiger partial charge in [0.1, 0.15) is 0 Å². The normalized spacial score (nSPS) is 18.1. The maximum Gasteiger partial charge on any atom is 0.251 e. The number of carbonyl (C=O) groups is 2. The quantitative estimate of drug-likeness (QED) is 0.925. The monoisotopic (exact) mass is 315 g/mol. The molecule has 3 rings (SSSR count). The molecule has 0 radical (unpaired) electrons. The summed E-state index contributed by atoms with van der Waals surface area (Å²) in [6.07, 6.45) is 5.80. The zero-order valence-electron chi connectivity index (χ0n) is 13.6. The van der Waals surface area contributed by atoms with Crippen LogP contribution in [0.2, 0.25) is 0 Å². The minimum atomic E-state index is -0.177. The Morgan fingerprint density at radius 1 is 0.870 bits per heavy atom. The van der Waals surface area contributed by atoms with Gasteiger partial charge in [0.25, 0.3) is 5.91 Å². The van der Waals surface area contributed by atoms with Crippen molar-refractivity contribution in [1.82, 2.24) is 10.2 Å². The van der Waals surface area contributed by atoms with E-state index in [1.165, 1.54) is 24.9 Å². The minimum absolute atomic E-state index is 0.0201. The first-order chi connectivity index (χ1) is 11.2. The van der Waals surface area contributed by atoms with Crippen molar-refractivity contribution in [2.24, 2.45) is 0 Å². The number of amides is 2. The molecule has 0 spiro atoms. The molecular formula is C18H25N3O2. The predicted molar refractivity (Wildman–Crippen MR) is 90.7 cm³/mol. The number of likely N-dealkylation sites (tertiary alicyclic amines) is 1. The van der Waals surface area contributed by atoms with Crippen molar-refractivity contribution in [2.45, 2.75) is 32.1 Å². The van der Waals surface area contributed by atoms with Crippen molar-refractivity contribution >= 4 is 17.5 Å². The van der Waals surface area contributed by atoms with E-state index < -0.39 is 0 Å². The molecule has 1 N–H and O–H groups in total. The van der Waals surface area contributed by atoms with E-state index in [4.69, 9.17) is 0 Å². The molecule has 2 heterocycles. The van der Waals surface area contributed by atoms with Gasteiger partial charge in [-0.2, -0.15) is 0 Å². The molecule has 2 amide bonds. The van der Waals surface area contributed by atoms with E-state index >= 15 is 0 Å². The van der Waals surface area contributed by atoms with Crippen molar-refractivity contribution in [2.75, 3.05) is 37.6 Å². The van der Waals surface area contributed by atoms with E-state index in [9.17, 15) is 9.59 Å². The SMILES string of the molecule is O=C(NCC(=O)N1CCCCC1)c1ccc(N2CCCC2)cc1. The van der Waals surface area contributed by atoms with Gasteiger partial charge in [0.05, 0.1) is 6.54 Å². The van der Waals surface area contributed by atoms with Gasteiger partial charge < -0.3 is 15.1 Å². The van der Waals surface area contributed by atoms with Gasteiger partial charge in [0.2, 0.25) is 5.91 Å². The van der Waals surface area contributed by atoms with Gasteiger partial charge in [-0.15, -0.1) is 0 Å². The molecule has 124 valence electrons. The van der Waals surface area contributed by atoms with Crippen LogP contribution in [-0.2, 0) is 4.79 Å². The van der Waals surface area contributed by atoms with Crippen LogP contribution in [0.4, 0.5) is 5.69 Å². The Labute approximate surface area is 137 Å². The Morgan fingerprint density at radius 3 is 2.13 bits per heavy atom. The van der Waals surface area contributed by atoms with Gasteiger partial charge >= 0.3 is 0 Å². The Bertz CT molecular complexity index is 544. The minimum Gasteiger partial charge on any atom is -0.372 e. The van der Waals surface area contributed by atoms with E-state index in [2.05, 4.69) is 10.2 Å². The molecule has 2 aliphatic heterocycles. The van der Waals surface area contributed by atoms with Gasteiger partial charge in [0, 0.05) is 37.4 Å². The Hall–Kier alpha value is -2.04. The number of benzene rings is 1. The highest BCUT2D eigenvalue weighted by molar-refractivity contribution is 5.96. The zero-order chi connectivity index (χ0) is 16.1. The van der Waals surface area contributed by atoms with Crippen LogP contribution in [0.1, 0.15) is 42.5 Å². The fourth-order valence-electron chi connectivity index (χ4n) is 3.31. The number of nitrogens with one attached hydrogen (secondary N) is 1. The zero-order valence-corrected chi connectivity index (χ0v) is 13.6. The average molecular weight is 315 g/mol. The molecule has 2 saturated heterocycles. The average Bonchev–Trinajstić information content (AvgIpc) is 3.15. The highest BCUT2D eigenvalue weighted by atomic mass is 16.2. The number of piperidine rings is 1. The molecule has 0 aromatic heterocycles. The highest BCUT2D eigenvalue weighted by Crippen LogP contribution is 2.20. The fourth-order valence-corrected chi connectivity index (χ4v) is 3.31. The van der Waals surface area contributed by atoms with Crippen LogP contribution in [-0.4, -0.2) is 49.4 Å². The van der Waals surface area contributed by atoms with Crippen molar-refractivity contribution in [1.29, 1.82) is 0 Å². The van der Waals surface area contributed by atoms with E-state index in [0.717, 1.165) is 39.0 Å². The van der Waals surface area contributed by atoms with Crippen LogP contribution >= 0.6 is 0 Å². The predicted octanol–water partition coefficient (Wildman–Crippen LogP) is 2.03. The fraction of sp³-hybridized carbons (Fsp3) is 0.556. The third kappa shape index (κ3) is 4.03. The first-order valence-corrected chi connectivity index (χ1v) is 8.65. The summed E-state index contributed by atoms with van der Waals surface area (Å²) in [5, 5.41) is 2.74. The Morgan fingerprint density at radius 2 is 1.48 bits per heavy atom. The summed E-state index contributed by atoms with van der Waals surface area (Å²) in [5.41, 5.74) is 1.78. The molecule has 5 nitrogen and oxygen atoms in total. The maximum atomic E-state index is 12.2. The summed E-state index contributed by atoms with van der Waals surface area (Å²) in [6.45, 7) is 3.91. The number of nitrogens with zero attached hydrogens (tertiary/aromatic N) is 2. The van der Waals surface area contributed by atoms with Gasteiger partial charge in [-0.05, 0) is 56.4 Å². The Balaban J connectivity index is 1.50. The second-order valence-corrected chi connectivity index (χ2v) is 6.37. The second kappa shape index (κ2) is 7.49. The lowest BCUT2D eigenvalue weighted by Crippen LogP contribution is -2.42. The van der Waals surface area contributed by atoms with Gasteiger partial charge in [-0.25, -0.2) is 0 Å². The second-order valence-electron chi connectivity index (χ2n) is 6.37. The number of carbonyl (C=O) groups excluding carboxylic acids is 2. The van der Waals surface area contributed by atoms with Gasteiger partial charge in [-0.1, -0.05) is 0 Å². The third-order valence-electron chi connectivity index (χ3n) is 4.71. The molecule has 0 bridgehead atoms. The first kappa shape index (κ1) is 15.8. The molecule has 0 aliphatic carbocycles. The lowest BCUT2D eigenvalue weighted by molar-refractivity contribution is -0.130. The molecule has 5 heteroatoms. The topological polar surface area (TPSA) is 52.7 Å². The van der Waals surface area contributed by atoms with Crippen molar-refractivity contribution in [3.8, 4) is 0 Å². The van der Waals surface area contributed by atoms with Crippen molar-refractivity contribution < 1.29 is 9.59 Å². The summed E-state index contributed by atoms with van der Waals surface area (Å²) < 4.78 is 0. The summed E-state index contributed by atoms with van der Waals surface area (Å²) in [7, 11) is 0. The van der Waals surface area contributed by atoms with E-state index in [1.807, 2.05) is 29.2 Å². The molecule has 1 aromatic rings. The standard InChI is InChI=1S/C18H25N3O2/c22-17(21-12-2-1-3-13-21)14-19-18(23)15-6-8-16(9-7-15)20-10-4-5-11-20/h6-9H,1-5,10-14H2,(H,19,23). The van der Waals surface area contributed by atoms with Crippen LogP contribution in [0.25, 0.3) is 0 Å². The van der Waals surface area contributed by atoms with Gasteiger partial charge in [0.15, 0.2) is 0 Å². The first-order valence-electron chi connectivity index (χ1n) is 8.65. The van der Waals surface area contributed by atoms with Gasteiger partial charge in [-0.3, -0.25) is 9.59 Å². The molecule has 0 saturated carbocycles.